The van der Waals surface area contributed by atoms with E-state index in [2.05, 4.69) is 21.2 Å². The lowest BCUT2D eigenvalue weighted by Gasteiger charge is -2.16. The molecule has 0 radical (unpaired) electrons. The van der Waals surface area contributed by atoms with Gasteiger partial charge in [-0.1, -0.05) is 48.8 Å². The van der Waals surface area contributed by atoms with Crippen LogP contribution in [-0.2, 0) is 11.2 Å². The van der Waals surface area contributed by atoms with E-state index in [9.17, 15) is 9.90 Å². The van der Waals surface area contributed by atoms with Gasteiger partial charge in [0.2, 0.25) is 5.91 Å². The fourth-order valence-corrected chi connectivity index (χ4v) is 2.18. The first-order valence-electron chi connectivity index (χ1n) is 7.10. The van der Waals surface area contributed by atoms with Gasteiger partial charge in [-0.15, -0.1) is 0 Å². The van der Waals surface area contributed by atoms with Crippen LogP contribution < -0.4 is 5.32 Å². The van der Waals surface area contributed by atoms with Crippen LogP contribution in [0.4, 0.5) is 0 Å². The fourth-order valence-electron chi connectivity index (χ4n) is 1.92. The molecule has 112 valence electrons. The maximum absolute atomic E-state index is 12.0. The average molecular weight is 342 g/mol. The van der Waals surface area contributed by atoms with E-state index in [0.29, 0.717) is 13.0 Å². The molecule has 0 bridgehead atoms. The molecule has 1 aromatic rings. The number of carbonyl (C=O) groups is 1. The first kappa shape index (κ1) is 17.2. The molecule has 1 aromatic carbocycles. The first-order chi connectivity index (χ1) is 9.40. The first-order valence-corrected chi connectivity index (χ1v) is 7.89. The summed E-state index contributed by atoms with van der Waals surface area (Å²) in [4.78, 5) is 12.0. The maximum Gasteiger partial charge on any atom is 0.223 e. The third kappa shape index (κ3) is 6.06. The van der Waals surface area contributed by atoms with Gasteiger partial charge in [-0.3, -0.25) is 4.79 Å². The van der Waals surface area contributed by atoms with E-state index in [-0.39, 0.29) is 23.8 Å². The summed E-state index contributed by atoms with van der Waals surface area (Å²) in [5.41, 5.74) is 1.15. The smallest absolute Gasteiger partial charge is 0.223 e. The summed E-state index contributed by atoms with van der Waals surface area (Å²) >= 11 is 3.40. The van der Waals surface area contributed by atoms with Crippen molar-refractivity contribution in [1.29, 1.82) is 0 Å². The number of hydrogen-bond acceptors (Lipinski definition) is 2. The lowest BCUT2D eigenvalue weighted by atomic mass is 10.00. The van der Waals surface area contributed by atoms with Crippen LogP contribution in [0.3, 0.4) is 0 Å². The zero-order valence-corrected chi connectivity index (χ0v) is 14.0. The molecule has 3 nitrogen and oxygen atoms in total. The molecule has 20 heavy (non-hydrogen) atoms. The van der Waals surface area contributed by atoms with E-state index in [1.165, 1.54) is 0 Å². The lowest BCUT2D eigenvalue weighted by molar-refractivity contribution is -0.124. The third-order valence-corrected chi connectivity index (χ3v) is 3.94. The highest BCUT2D eigenvalue weighted by molar-refractivity contribution is 9.10. The second-order valence-electron chi connectivity index (χ2n) is 5.62. The second-order valence-corrected chi connectivity index (χ2v) is 6.54. The van der Waals surface area contributed by atoms with Crippen molar-refractivity contribution in [1.82, 2.24) is 5.32 Å². The highest BCUT2D eigenvalue weighted by Crippen LogP contribution is 2.14. The maximum atomic E-state index is 12.0. The molecule has 1 amide bonds. The Morgan fingerprint density at radius 2 is 1.85 bits per heavy atom. The minimum atomic E-state index is -0.350. The van der Waals surface area contributed by atoms with Crippen LogP contribution in [0.1, 0.15) is 32.8 Å². The summed E-state index contributed by atoms with van der Waals surface area (Å²) in [5, 5.41) is 12.6. The van der Waals surface area contributed by atoms with E-state index < -0.39 is 0 Å². The average Bonchev–Trinajstić information content (AvgIpc) is 2.40. The van der Waals surface area contributed by atoms with E-state index >= 15 is 0 Å². The molecule has 0 aliphatic rings. The molecule has 2 atom stereocenters. The number of aliphatic hydroxyl groups excluding tert-OH is 1. The van der Waals surface area contributed by atoms with Crippen LogP contribution in [0, 0.1) is 11.8 Å². The topological polar surface area (TPSA) is 49.3 Å². The number of benzene rings is 1. The van der Waals surface area contributed by atoms with E-state index in [1.54, 1.807) is 0 Å². The minimum absolute atomic E-state index is 0.0453. The molecule has 1 rings (SSSR count). The standard InChI is InChI=1S/C16H24BrNO2/c1-11(2)15(19)8-9-18-16(20)12(3)10-13-4-6-14(17)7-5-13/h4-7,11-12,15,19H,8-10H2,1-3H3,(H,18,20). The molecular formula is C16H24BrNO2. The van der Waals surface area contributed by atoms with Crippen molar-refractivity contribution in [3.05, 3.63) is 34.3 Å². The molecule has 0 spiro atoms. The Hall–Kier alpha value is -0.870. The molecule has 0 aliphatic carbocycles. The Balaban J connectivity index is 2.34. The summed E-state index contributed by atoms with van der Waals surface area (Å²) in [7, 11) is 0. The Morgan fingerprint density at radius 1 is 1.25 bits per heavy atom. The molecule has 4 heteroatoms. The Morgan fingerprint density at radius 3 is 2.40 bits per heavy atom. The van der Waals surface area contributed by atoms with Crippen LogP contribution in [0.15, 0.2) is 28.7 Å². The van der Waals surface area contributed by atoms with Crippen molar-refractivity contribution >= 4 is 21.8 Å². The summed E-state index contributed by atoms with van der Waals surface area (Å²) in [5.74, 6) is 0.211. The normalized spacial score (nSPS) is 14.1. The van der Waals surface area contributed by atoms with Crippen LogP contribution in [0.25, 0.3) is 0 Å². The zero-order valence-electron chi connectivity index (χ0n) is 12.4. The van der Waals surface area contributed by atoms with Gasteiger partial charge >= 0.3 is 0 Å². The molecule has 0 heterocycles. The number of amides is 1. The molecule has 0 aliphatic heterocycles. The Kier molecular flexibility index (Phi) is 7.24. The molecule has 0 fully saturated rings. The van der Waals surface area contributed by atoms with Crippen molar-refractivity contribution in [3.63, 3.8) is 0 Å². The fraction of sp³-hybridized carbons (Fsp3) is 0.562. The number of hydrogen-bond donors (Lipinski definition) is 2. The number of halogens is 1. The van der Waals surface area contributed by atoms with E-state index in [1.807, 2.05) is 45.0 Å². The van der Waals surface area contributed by atoms with E-state index in [0.717, 1.165) is 16.5 Å². The lowest BCUT2D eigenvalue weighted by Crippen LogP contribution is -2.33. The van der Waals surface area contributed by atoms with Crippen molar-refractivity contribution in [2.45, 2.75) is 39.7 Å². The van der Waals surface area contributed by atoms with E-state index in [4.69, 9.17) is 0 Å². The largest absolute Gasteiger partial charge is 0.393 e. The number of carbonyl (C=O) groups excluding carboxylic acids is 1. The summed E-state index contributed by atoms with van der Waals surface area (Å²) < 4.78 is 1.04. The number of rotatable bonds is 7. The quantitative estimate of drug-likeness (QED) is 0.800. The van der Waals surface area contributed by atoms with Gasteiger partial charge in [0, 0.05) is 16.9 Å². The van der Waals surface area contributed by atoms with Crippen LogP contribution >= 0.6 is 15.9 Å². The predicted molar refractivity (Wildman–Crippen MR) is 85.5 cm³/mol. The SMILES string of the molecule is CC(Cc1ccc(Br)cc1)C(=O)NCCC(O)C(C)C. The molecular weight excluding hydrogens is 318 g/mol. The molecule has 0 saturated carbocycles. The Bertz CT molecular complexity index is 417. The minimum Gasteiger partial charge on any atom is -0.393 e. The van der Waals surface area contributed by atoms with Crippen LogP contribution in [0.5, 0.6) is 0 Å². The van der Waals surface area contributed by atoms with Crippen LogP contribution in [0.2, 0.25) is 0 Å². The molecule has 0 aromatic heterocycles. The third-order valence-electron chi connectivity index (χ3n) is 3.41. The predicted octanol–water partition coefficient (Wildman–Crippen LogP) is 3.15. The van der Waals surface area contributed by atoms with Gasteiger partial charge in [-0.25, -0.2) is 0 Å². The van der Waals surface area contributed by atoms with Gasteiger partial charge in [0.1, 0.15) is 0 Å². The van der Waals surface area contributed by atoms with Crippen molar-refractivity contribution in [2.24, 2.45) is 11.8 Å². The Labute approximate surface area is 129 Å². The molecule has 2 N–H and O–H groups in total. The molecule has 0 saturated heterocycles. The monoisotopic (exact) mass is 341 g/mol. The summed E-state index contributed by atoms with van der Waals surface area (Å²) in [6.07, 6.45) is 0.984. The van der Waals surface area contributed by atoms with Gasteiger partial charge in [0.05, 0.1) is 6.10 Å². The van der Waals surface area contributed by atoms with Crippen molar-refractivity contribution in [3.8, 4) is 0 Å². The highest BCUT2D eigenvalue weighted by Gasteiger charge is 2.14. The number of aliphatic hydroxyl groups is 1. The summed E-state index contributed by atoms with van der Waals surface area (Å²) in [6.45, 7) is 6.41. The van der Waals surface area contributed by atoms with Gasteiger partial charge < -0.3 is 10.4 Å². The van der Waals surface area contributed by atoms with Gasteiger partial charge in [-0.2, -0.15) is 0 Å². The van der Waals surface area contributed by atoms with Gasteiger partial charge in [0.15, 0.2) is 0 Å². The van der Waals surface area contributed by atoms with Gasteiger partial charge in [0.25, 0.3) is 0 Å². The van der Waals surface area contributed by atoms with Crippen molar-refractivity contribution < 1.29 is 9.90 Å². The zero-order chi connectivity index (χ0) is 15.1. The second kappa shape index (κ2) is 8.42. The summed E-state index contributed by atoms with van der Waals surface area (Å²) in [6, 6.07) is 8.02. The van der Waals surface area contributed by atoms with Crippen LogP contribution in [-0.4, -0.2) is 23.7 Å². The van der Waals surface area contributed by atoms with Gasteiger partial charge in [-0.05, 0) is 36.5 Å². The van der Waals surface area contributed by atoms with Crippen molar-refractivity contribution in [2.75, 3.05) is 6.54 Å². The number of nitrogens with one attached hydrogen (secondary N) is 1. The molecule has 2 unspecified atom stereocenters. The highest BCUT2D eigenvalue weighted by atomic mass is 79.9.